The van der Waals surface area contributed by atoms with Gasteiger partial charge in [0.1, 0.15) is 93.5 Å². The van der Waals surface area contributed by atoms with Gasteiger partial charge in [0.2, 0.25) is 32.5 Å². The Morgan fingerprint density at radius 1 is 0.598 bits per heavy atom. The van der Waals surface area contributed by atoms with Gasteiger partial charge in [-0.25, -0.2) is 34.3 Å². The number of nitrogens with one attached hydrogen (secondary N) is 5. The van der Waals surface area contributed by atoms with Gasteiger partial charge in [-0.1, -0.05) is 81.4 Å². The number of carbonyl (C=O) groups excluding carboxylic acids is 5. The predicted molar refractivity (Wildman–Crippen MR) is 457 cm³/mol. The lowest BCUT2D eigenvalue weighted by atomic mass is 9.85. The topological polar surface area (TPSA) is 397 Å². The van der Waals surface area contributed by atoms with Gasteiger partial charge in [0, 0.05) is 93.9 Å². The van der Waals surface area contributed by atoms with E-state index >= 15 is 0 Å². The van der Waals surface area contributed by atoms with E-state index in [2.05, 4.69) is 39.7 Å². The molecule has 0 radical (unpaired) electrons. The van der Waals surface area contributed by atoms with Crippen molar-refractivity contribution in [2.75, 3.05) is 37.9 Å². The van der Waals surface area contributed by atoms with Gasteiger partial charge in [0.15, 0.2) is 10.3 Å². The molecule has 14 atom stereocenters. The molecule has 640 valence electrons. The van der Waals surface area contributed by atoms with Crippen molar-refractivity contribution >= 4 is 105 Å². The summed E-state index contributed by atoms with van der Waals surface area (Å²) in [5, 5.41) is 29.8. The number of likely N-dealkylation sites (tertiary alicyclic amines) is 2. The van der Waals surface area contributed by atoms with Gasteiger partial charge in [0.25, 0.3) is 0 Å². The fourth-order valence-electron chi connectivity index (χ4n) is 15.5. The summed E-state index contributed by atoms with van der Waals surface area (Å²) in [6, 6.07) is 10.6. The first-order chi connectivity index (χ1) is 55.1. The Hall–Kier alpha value is -8.44. The molecule has 0 bridgehead atoms. The Morgan fingerprint density at radius 2 is 1.01 bits per heavy atom. The van der Waals surface area contributed by atoms with E-state index in [9.17, 15) is 52.8 Å². The van der Waals surface area contributed by atoms with Gasteiger partial charge in [-0.3, -0.25) is 23.5 Å². The molecule has 0 spiro atoms. The van der Waals surface area contributed by atoms with Crippen LogP contribution in [0, 0.1) is 22.7 Å². The Bertz CT molecular complexity index is 4690. The van der Waals surface area contributed by atoms with Crippen LogP contribution in [0.1, 0.15) is 187 Å². The summed E-state index contributed by atoms with van der Waals surface area (Å²) in [7, 11) is -4.01. The number of methoxy groups -OCH3 is 2. The molecule has 6 aromatic rings. The van der Waals surface area contributed by atoms with Gasteiger partial charge >= 0.3 is 18.2 Å². The Morgan fingerprint density at radius 3 is 1.38 bits per heavy atom. The first kappa shape index (κ1) is 90.9. The number of alkyl carbamates (subject to hydrolysis) is 2. The number of rotatable bonds is 29. The van der Waals surface area contributed by atoms with Crippen LogP contribution in [0.25, 0.3) is 44.6 Å². The Kier molecular flexibility index (Phi) is 29.1. The van der Waals surface area contributed by atoms with Crippen LogP contribution in [-0.4, -0.2) is 190 Å². The first-order valence-electron chi connectivity index (χ1n) is 40.7. The highest BCUT2D eigenvalue weighted by atomic mass is 32.1. The van der Waals surface area contributed by atoms with Crippen molar-refractivity contribution in [3.8, 4) is 45.8 Å². The zero-order valence-electron chi connectivity index (χ0n) is 70.3. The third-order valence-corrected chi connectivity index (χ3v) is 31.1. The van der Waals surface area contributed by atoms with E-state index in [0.717, 1.165) is 61.6 Å². The van der Waals surface area contributed by atoms with Crippen LogP contribution < -0.4 is 51.3 Å². The molecule has 4 unspecified atom stereocenters. The number of pyridine rings is 2. The van der Waals surface area contributed by atoms with Crippen LogP contribution in [0.5, 0.6) is 23.0 Å². The van der Waals surface area contributed by atoms with Crippen molar-refractivity contribution in [3.63, 3.8) is 0 Å². The molecule has 29 nitrogen and oxygen atoms in total. The summed E-state index contributed by atoms with van der Waals surface area (Å²) >= 11 is 2.94. The summed E-state index contributed by atoms with van der Waals surface area (Å²) in [6.07, 6.45) is 9.44. The van der Waals surface area contributed by atoms with E-state index in [4.69, 9.17) is 54.1 Å². The van der Waals surface area contributed by atoms with Crippen molar-refractivity contribution < 1.29 is 81.2 Å². The number of anilines is 2. The standard InChI is InChI=1S/C42H59N6O8PS.C33H43N5O7S.C9H18NO2P/c1-10-25(5)57(52,53)42(21-26(42)11-2)47-37(49)34-19-29(22-48(34)38(50)36(41(6,7)8)46-40(51)56-27-14-12-13-15-27)55-35-20-32(33-23-58-39(45-33)43-24(3)4)44-31-18-28(54-9)16-17-30(31)35;1-18(2)34-31-36-25(17-46-31)24-15-27(22-12-11-20(43-6)13-23(22)35-24)44-21-14-26(30(40)41)38(16-21)29(39)28(33(3,4)5)37-32(42)45-19-9-7-8-10-19;1-4-7(3)13(11,12)9(10)6-8(9)5-2/h11,16-18,20,23-27,29,34,36H,2,10,12-15,19,21-22H2,1,3-9H3,(H,43,45)(H,46,51)(H,47,49)(H,52,53);11-13,15,17-19,21,26,28H,7-10,14,16H2,1-6H3,(H,34,36)(H,37,42)(H,40,41);5,7-8H,2,4,6,10H2,1,3H3,(H,11,12)/t25?,26-,29-,34+,36-,42+;21-,26+,28-;7?,8-,9+/m111/s1. The number of aromatic nitrogens is 4. The van der Waals surface area contributed by atoms with Crippen LogP contribution in [-0.2, 0) is 37.8 Å². The van der Waals surface area contributed by atoms with E-state index in [1.165, 1.54) is 32.5 Å². The zero-order valence-corrected chi connectivity index (χ0v) is 73.7. The SMILES string of the molecule is C=C[C@@H]1C[C@]1(N)P(=O)(O)C(C)CC.C=C[C@@H]1C[C@]1(NC(=O)[C@@H]1C[C@@H](Oc2cc(-c3csc(NC(C)C)n3)nc3cc(OC)ccc23)CN1C(=O)[C@@H](NC(=O)OC1CCCC1)C(C)(C)C)P(=O)(O)C(C)CC.COc1ccc2c(O[C@@H]3C[C@@H](C(=O)O)N(C(=O)[C@@H](NC(=O)OC4CCCC4)C(C)(C)C)C3)cc(-c3csc(NC(C)C)n3)nc2c1. The Balaban J connectivity index is 0.000000217. The largest absolute Gasteiger partial charge is 0.497 e. The number of benzene rings is 2. The minimum absolute atomic E-state index is 0.00263. The van der Waals surface area contributed by atoms with Gasteiger partial charge in [-0.2, -0.15) is 0 Å². The highest BCUT2D eigenvalue weighted by Gasteiger charge is 2.67. The van der Waals surface area contributed by atoms with Crippen molar-refractivity contribution in [1.29, 1.82) is 0 Å². The molecule has 6 heterocycles. The number of carboxylic acid groups (broad SMARTS) is 1. The lowest BCUT2D eigenvalue weighted by Gasteiger charge is -2.36. The second kappa shape index (κ2) is 37.5. The number of hydrogen-bond donors (Lipinski definition) is 9. The fraction of sp³-hybridized carbons (Fsp3) is 0.595. The van der Waals surface area contributed by atoms with E-state index in [0.29, 0.717) is 86.8 Å². The molecule has 4 aromatic heterocycles. The maximum atomic E-state index is 14.8. The lowest BCUT2D eigenvalue weighted by molar-refractivity contribution is -0.150. The quantitative estimate of drug-likeness (QED) is 0.0156. The molecule has 4 aliphatic carbocycles. The summed E-state index contributed by atoms with van der Waals surface area (Å²) in [5.74, 6) is -0.881. The number of carbonyl (C=O) groups is 6. The third kappa shape index (κ3) is 21.1. The predicted octanol–water partition coefficient (Wildman–Crippen LogP) is 15.3. The lowest BCUT2D eigenvalue weighted by Crippen LogP contribution is -2.58. The van der Waals surface area contributed by atoms with Crippen molar-refractivity contribution in [2.24, 2.45) is 28.4 Å². The Labute approximate surface area is 694 Å². The molecule has 2 aromatic carbocycles. The molecule has 10 N–H and O–H groups in total. The summed E-state index contributed by atoms with van der Waals surface area (Å²) in [5.41, 5.74) is 7.30. The molecule has 33 heteroatoms. The minimum Gasteiger partial charge on any atom is -0.497 e. The normalized spacial score (nSPS) is 23.9. The van der Waals surface area contributed by atoms with Crippen molar-refractivity contribution in [3.05, 3.63) is 84.6 Å². The minimum atomic E-state index is -3.95. The summed E-state index contributed by atoms with van der Waals surface area (Å²) in [4.78, 5) is 125. The highest BCUT2D eigenvalue weighted by molar-refractivity contribution is 7.61. The van der Waals surface area contributed by atoms with E-state index in [1.807, 2.05) is 124 Å². The van der Waals surface area contributed by atoms with Crippen LogP contribution in [0.3, 0.4) is 0 Å². The van der Waals surface area contributed by atoms with Crippen LogP contribution in [0.4, 0.5) is 19.9 Å². The van der Waals surface area contributed by atoms with Crippen LogP contribution in [0.2, 0.25) is 0 Å². The average Bonchev–Trinajstić information content (AvgIpc) is 1.55. The second-order valence-corrected chi connectivity index (χ2v) is 42.1. The molecule has 2 aliphatic heterocycles. The number of amides is 5. The molecule has 12 rings (SSSR count). The van der Waals surface area contributed by atoms with Crippen molar-refractivity contribution in [1.82, 2.24) is 45.7 Å². The van der Waals surface area contributed by atoms with Crippen molar-refractivity contribution in [2.45, 2.75) is 269 Å². The molecule has 6 aliphatic rings. The van der Waals surface area contributed by atoms with Gasteiger partial charge in [-0.05, 0) is 140 Å². The van der Waals surface area contributed by atoms with E-state index in [1.54, 1.807) is 58.4 Å². The molecule has 6 fully saturated rings. The number of nitrogens with zero attached hydrogens (tertiary/aromatic N) is 6. The second-order valence-electron chi connectivity index (χ2n) is 34.5. The number of hydrogen-bond acceptors (Lipinski definition) is 23. The number of ether oxygens (including phenoxy) is 6. The zero-order chi connectivity index (χ0) is 85.6. The summed E-state index contributed by atoms with van der Waals surface area (Å²) < 4.78 is 61.5. The van der Waals surface area contributed by atoms with Gasteiger partial charge in [-0.15, -0.1) is 35.8 Å². The van der Waals surface area contributed by atoms with Gasteiger partial charge < -0.3 is 85.4 Å². The number of carboxylic acids is 1. The molecule has 4 saturated carbocycles. The van der Waals surface area contributed by atoms with Gasteiger partial charge in [0.05, 0.1) is 49.7 Å². The van der Waals surface area contributed by atoms with E-state index < -0.39 is 120 Å². The number of thiazole rings is 2. The average molecular weight is 1700 g/mol. The number of nitrogens with two attached hydrogens (primary N) is 1. The smallest absolute Gasteiger partial charge is 0.408 e. The van der Waals surface area contributed by atoms with E-state index in [-0.39, 0.29) is 68.2 Å². The highest BCUT2D eigenvalue weighted by Crippen LogP contribution is 2.72. The third-order valence-electron chi connectivity index (χ3n) is 23.0. The molecule has 2 saturated heterocycles. The monoisotopic (exact) mass is 1690 g/mol. The molecular weight excluding hydrogens is 1580 g/mol. The molecule has 117 heavy (non-hydrogen) atoms. The number of aliphatic carboxylic acids is 1. The maximum absolute atomic E-state index is 14.8. The summed E-state index contributed by atoms with van der Waals surface area (Å²) in [6.45, 7) is 33.9. The van der Waals surface area contributed by atoms with Crippen LogP contribution >= 0.6 is 37.4 Å². The number of fused-ring (bicyclic) bond motifs is 2. The molecular formula is C84H120N12O17P2S2. The maximum Gasteiger partial charge on any atom is 0.408 e. The fourth-order valence-corrected chi connectivity index (χ4v) is 22.2. The van der Waals surface area contributed by atoms with Crippen LogP contribution in [0.15, 0.2) is 84.6 Å². The first-order valence-corrected chi connectivity index (χ1v) is 45.9. The molecule has 5 amide bonds.